The van der Waals surface area contributed by atoms with Gasteiger partial charge in [0.05, 0.1) is 11.8 Å². The van der Waals surface area contributed by atoms with E-state index in [1.807, 2.05) is 18.9 Å². The average molecular weight is 275 g/mol. The number of nitrogens with zero attached hydrogens (tertiary/aromatic N) is 2. The monoisotopic (exact) mass is 275 g/mol. The maximum absolute atomic E-state index is 11.0. The van der Waals surface area contributed by atoms with Crippen molar-refractivity contribution in [2.45, 2.75) is 31.7 Å². The molecule has 0 radical (unpaired) electrons. The lowest BCUT2D eigenvalue weighted by molar-refractivity contribution is 0.312. The van der Waals surface area contributed by atoms with Crippen LogP contribution in [0.25, 0.3) is 0 Å². The van der Waals surface area contributed by atoms with E-state index in [0.717, 1.165) is 25.8 Å². The van der Waals surface area contributed by atoms with Gasteiger partial charge >= 0.3 is 0 Å². The molecule has 0 aromatic carbocycles. The van der Waals surface area contributed by atoms with Crippen LogP contribution in [0, 0.1) is 11.3 Å². The Kier molecular flexibility index (Phi) is 7.45. The highest BCUT2D eigenvalue weighted by Crippen LogP contribution is 2.15. The minimum absolute atomic E-state index is 0.187. The van der Waals surface area contributed by atoms with Crippen LogP contribution in [0.15, 0.2) is 0 Å². The highest BCUT2D eigenvalue weighted by Gasteiger charge is 2.24. The van der Waals surface area contributed by atoms with E-state index in [0.29, 0.717) is 6.54 Å². The summed E-state index contributed by atoms with van der Waals surface area (Å²) in [4.78, 5) is 1.99. The van der Waals surface area contributed by atoms with Gasteiger partial charge in [-0.1, -0.05) is 6.92 Å². The molecule has 0 aromatic rings. The molecule has 0 aliphatic rings. The third kappa shape index (κ3) is 6.94. The SMILES string of the molecule is CCC(C#N)(CCCN(C)CCS(C)(=O)=O)NC. The maximum Gasteiger partial charge on any atom is 0.148 e. The zero-order valence-corrected chi connectivity index (χ0v) is 12.7. The van der Waals surface area contributed by atoms with Crippen molar-refractivity contribution < 1.29 is 8.42 Å². The van der Waals surface area contributed by atoms with Crippen molar-refractivity contribution in [1.82, 2.24) is 10.2 Å². The zero-order valence-electron chi connectivity index (χ0n) is 11.9. The van der Waals surface area contributed by atoms with Gasteiger partial charge in [-0.3, -0.25) is 0 Å². The van der Waals surface area contributed by atoms with Gasteiger partial charge < -0.3 is 10.2 Å². The molecule has 0 spiro atoms. The summed E-state index contributed by atoms with van der Waals surface area (Å²) in [5.74, 6) is 0.187. The Bertz CT molecular complexity index is 369. The van der Waals surface area contributed by atoms with Crippen molar-refractivity contribution in [3.63, 3.8) is 0 Å². The molecule has 0 amide bonds. The molecule has 0 heterocycles. The van der Waals surface area contributed by atoms with Crippen LogP contribution in [-0.4, -0.2) is 58.1 Å². The van der Waals surface area contributed by atoms with Gasteiger partial charge in [-0.15, -0.1) is 0 Å². The molecule has 5 nitrogen and oxygen atoms in total. The standard InChI is InChI=1S/C12H25N3O2S/c1-5-12(11-13,14-2)7-6-8-15(3)9-10-18(4,16)17/h14H,5-10H2,1-4H3. The molecule has 6 heteroatoms. The summed E-state index contributed by atoms with van der Waals surface area (Å²) in [6, 6.07) is 2.32. The minimum Gasteiger partial charge on any atom is -0.305 e. The van der Waals surface area contributed by atoms with Crippen LogP contribution in [0.4, 0.5) is 0 Å². The van der Waals surface area contributed by atoms with Crippen LogP contribution < -0.4 is 5.32 Å². The molecule has 1 atom stereocenters. The Hall–Kier alpha value is -0.640. The first-order chi connectivity index (χ1) is 8.28. The van der Waals surface area contributed by atoms with Crippen molar-refractivity contribution >= 4 is 9.84 Å². The topological polar surface area (TPSA) is 73.2 Å². The Balaban J connectivity index is 4.01. The van der Waals surface area contributed by atoms with Gasteiger partial charge in [-0.25, -0.2) is 8.42 Å². The smallest absolute Gasteiger partial charge is 0.148 e. The number of hydrogen-bond acceptors (Lipinski definition) is 5. The number of nitrogens with one attached hydrogen (secondary N) is 1. The van der Waals surface area contributed by atoms with Crippen LogP contribution in [0.1, 0.15) is 26.2 Å². The average Bonchev–Trinajstić information content (AvgIpc) is 2.32. The fourth-order valence-electron chi connectivity index (χ4n) is 1.75. The highest BCUT2D eigenvalue weighted by molar-refractivity contribution is 7.90. The van der Waals surface area contributed by atoms with Crippen molar-refractivity contribution in [1.29, 1.82) is 5.26 Å². The largest absolute Gasteiger partial charge is 0.305 e. The summed E-state index contributed by atoms with van der Waals surface area (Å²) in [5, 5.41) is 12.2. The Morgan fingerprint density at radius 2 is 2.00 bits per heavy atom. The fourth-order valence-corrected chi connectivity index (χ4v) is 2.40. The predicted octanol–water partition coefficient (Wildman–Crippen LogP) is 0.635. The zero-order chi connectivity index (χ0) is 14.2. The molecule has 0 aliphatic heterocycles. The summed E-state index contributed by atoms with van der Waals surface area (Å²) < 4.78 is 22.1. The molecule has 0 fully saturated rings. The van der Waals surface area contributed by atoms with E-state index >= 15 is 0 Å². The Morgan fingerprint density at radius 3 is 2.39 bits per heavy atom. The van der Waals surface area contributed by atoms with E-state index < -0.39 is 15.4 Å². The lowest BCUT2D eigenvalue weighted by Gasteiger charge is -2.25. The van der Waals surface area contributed by atoms with E-state index in [-0.39, 0.29) is 5.75 Å². The molecule has 106 valence electrons. The second-order valence-corrected chi connectivity index (χ2v) is 7.09. The Morgan fingerprint density at radius 1 is 1.39 bits per heavy atom. The summed E-state index contributed by atoms with van der Waals surface area (Å²) in [6.45, 7) is 3.35. The molecule has 18 heavy (non-hydrogen) atoms. The van der Waals surface area contributed by atoms with Gasteiger partial charge in [0.15, 0.2) is 0 Å². The molecule has 0 rings (SSSR count). The normalized spacial score (nSPS) is 15.3. The van der Waals surface area contributed by atoms with Crippen molar-refractivity contribution in [2.75, 3.05) is 39.2 Å². The quantitative estimate of drug-likeness (QED) is 0.668. The molecule has 0 aliphatic carbocycles. The summed E-state index contributed by atoms with van der Waals surface area (Å²) >= 11 is 0. The van der Waals surface area contributed by atoms with Crippen molar-refractivity contribution in [3.05, 3.63) is 0 Å². The van der Waals surface area contributed by atoms with Gasteiger partial charge in [0.1, 0.15) is 15.4 Å². The number of hydrogen-bond donors (Lipinski definition) is 1. The third-order valence-corrected chi connectivity index (χ3v) is 4.21. The first-order valence-corrected chi connectivity index (χ1v) is 8.31. The number of sulfone groups is 1. The molecule has 0 saturated carbocycles. The van der Waals surface area contributed by atoms with Crippen LogP contribution in [0.2, 0.25) is 0 Å². The molecule has 0 bridgehead atoms. The van der Waals surface area contributed by atoms with Crippen molar-refractivity contribution in [3.8, 4) is 6.07 Å². The highest BCUT2D eigenvalue weighted by atomic mass is 32.2. The van der Waals surface area contributed by atoms with Crippen LogP contribution in [0.5, 0.6) is 0 Å². The van der Waals surface area contributed by atoms with E-state index in [2.05, 4.69) is 11.4 Å². The second kappa shape index (κ2) is 7.72. The number of nitriles is 1. The third-order valence-electron chi connectivity index (χ3n) is 3.28. The van der Waals surface area contributed by atoms with Gasteiger partial charge in [0.2, 0.25) is 0 Å². The van der Waals surface area contributed by atoms with Gasteiger partial charge in [-0.05, 0) is 39.9 Å². The first-order valence-electron chi connectivity index (χ1n) is 6.25. The molecule has 1 unspecified atom stereocenters. The van der Waals surface area contributed by atoms with E-state index in [9.17, 15) is 8.42 Å². The van der Waals surface area contributed by atoms with Gasteiger partial charge in [-0.2, -0.15) is 5.26 Å². The van der Waals surface area contributed by atoms with E-state index in [1.54, 1.807) is 7.05 Å². The maximum atomic E-state index is 11.0. The summed E-state index contributed by atoms with van der Waals surface area (Å²) in [6.07, 6.45) is 3.68. The second-order valence-electron chi connectivity index (χ2n) is 4.83. The first kappa shape index (κ1) is 17.4. The van der Waals surface area contributed by atoms with Crippen LogP contribution in [0.3, 0.4) is 0 Å². The van der Waals surface area contributed by atoms with E-state index in [1.165, 1.54) is 6.26 Å². The van der Waals surface area contributed by atoms with Gasteiger partial charge in [0.25, 0.3) is 0 Å². The van der Waals surface area contributed by atoms with Gasteiger partial charge in [0, 0.05) is 12.8 Å². The molecule has 1 N–H and O–H groups in total. The Labute approximate surface area is 111 Å². The molecular weight excluding hydrogens is 250 g/mol. The summed E-state index contributed by atoms with van der Waals surface area (Å²) in [7, 11) is 0.820. The minimum atomic E-state index is -2.89. The fraction of sp³-hybridized carbons (Fsp3) is 0.917. The van der Waals surface area contributed by atoms with Crippen LogP contribution >= 0.6 is 0 Å². The van der Waals surface area contributed by atoms with Crippen LogP contribution in [-0.2, 0) is 9.84 Å². The lowest BCUT2D eigenvalue weighted by Crippen LogP contribution is -2.41. The lowest BCUT2D eigenvalue weighted by atomic mass is 9.92. The van der Waals surface area contributed by atoms with E-state index in [4.69, 9.17) is 5.26 Å². The molecule has 0 aromatic heterocycles. The molecule has 0 saturated heterocycles. The van der Waals surface area contributed by atoms with Crippen molar-refractivity contribution in [2.24, 2.45) is 0 Å². The molecular formula is C12H25N3O2S. The number of rotatable bonds is 9. The predicted molar refractivity (Wildman–Crippen MR) is 74.1 cm³/mol. The summed E-state index contributed by atoms with van der Waals surface area (Å²) in [5.41, 5.74) is -0.447.